The predicted molar refractivity (Wildman–Crippen MR) is 104 cm³/mol. The SMILES string of the molecule is Cc1cc(/C=C2\NC(=O)N(CC(=O)O)C2=O)c(C)n1-c1ccc(I)cc1. The zero-order chi connectivity index (χ0) is 19.0. The van der Waals surface area contributed by atoms with Crippen LogP contribution < -0.4 is 5.32 Å². The zero-order valence-electron chi connectivity index (χ0n) is 14.1. The Morgan fingerprint density at radius 3 is 2.50 bits per heavy atom. The minimum atomic E-state index is -1.24. The highest BCUT2D eigenvalue weighted by molar-refractivity contribution is 14.1. The second kappa shape index (κ2) is 6.94. The van der Waals surface area contributed by atoms with E-state index >= 15 is 0 Å². The summed E-state index contributed by atoms with van der Waals surface area (Å²) < 4.78 is 3.19. The first-order valence-electron chi connectivity index (χ1n) is 7.79. The summed E-state index contributed by atoms with van der Waals surface area (Å²) in [6.45, 7) is 3.22. The van der Waals surface area contributed by atoms with E-state index in [1.165, 1.54) is 0 Å². The van der Waals surface area contributed by atoms with Crippen LogP contribution in [-0.4, -0.2) is 39.0 Å². The minimum absolute atomic E-state index is 0.0686. The lowest BCUT2D eigenvalue weighted by molar-refractivity contribution is -0.140. The first-order chi connectivity index (χ1) is 12.3. The van der Waals surface area contributed by atoms with Crippen LogP contribution >= 0.6 is 22.6 Å². The number of imide groups is 1. The molecule has 0 unspecified atom stereocenters. The van der Waals surface area contributed by atoms with Gasteiger partial charge in [-0.25, -0.2) is 9.69 Å². The first kappa shape index (κ1) is 18.2. The number of carboxylic acid groups (broad SMARTS) is 1. The molecule has 1 aliphatic rings. The van der Waals surface area contributed by atoms with Crippen molar-refractivity contribution in [3.05, 3.63) is 56.6 Å². The average Bonchev–Trinajstić information content (AvgIpc) is 2.99. The number of halogens is 1. The quantitative estimate of drug-likeness (QED) is 0.413. The number of amides is 3. The van der Waals surface area contributed by atoms with Crippen molar-refractivity contribution >= 4 is 46.6 Å². The maximum absolute atomic E-state index is 12.3. The van der Waals surface area contributed by atoms with E-state index in [1.807, 2.05) is 44.2 Å². The summed E-state index contributed by atoms with van der Waals surface area (Å²) in [4.78, 5) is 35.6. The number of carbonyl (C=O) groups excluding carboxylic acids is 2. The van der Waals surface area contributed by atoms with E-state index in [0.717, 1.165) is 26.2 Å². The highest BCUT2D eigenvalue weighted by atomic mass is 127. The molecule has 3 amide bonds. The van der Waals surface area contributed by atoms with Crippen molar-refractivity contribution in [1.82, 2.24) is 14.8 Å². The molecule has 1 saturated heterocycles. The van der Waals surface area contributed by atoms with E-state index in [1.54, 1.807) is 6.08 Å². The van der Waals surface area contributed by atoms with E-state index in [4.69, 9.17) is 5.11 Å². The standard InChI is InChI=1S/C18H16IN3O4/c1-10-7-12(11(2)22(10)14-5-3-13(19)4-6-14)8-15-17(25)21(9-16(23)24)18(26)20-15/h3-8H,9H2,1-2H3,(H,20,26)(H,23,24)/b15-8-. The molecule has 2 N–H and O–H groups in total. The van der Waals surface area contributed by atoms with Gasteiger partial charge in [-0.15, -0.1) is 0 Å². The molecule has 3 rings (SSSR count). The molecule has 7 nitrogen and oxygen atoms in total. The van der Waals surface area contributed by atoms with Gasteiger partial charge in [0, 0.05) is 20.6 Å². The van der Waals surface area contributed by atoms with Gasteiger partial charge >= 0.3 is 12.0 Å². The van der Waals surface area contributed by atoms with Crippen molar-refractivity contribution in [3.8, 4) is 5.69 Å². The van der Waals surface area contributed by atoms with E-state index in [0.29, 0.717) is 4.90 Å². The topological polar surface area (TPSA) is 91.6 Å². The van der Waals surface area contributed by atoms with Crippen LogP contribution in [0.4, 0.5) is 4.79 Å². The van der Waals surface area contributed by atoms with Crippen molar-refractivity contribution in [2.45, 2.75) is 13.8 Å². The Kier molecular flexibility index (Phi) is 4.86. The molecule has 134 valence electrons. The van der Waals surface area contributed by atoms with E-state index in [2.05, 4.69) is 32.5 Å². The third kappa shape index (κ3) is 3.36. The van der Waals surface area contributed by atoms with Gasteiger partial charge in [-0.3, -0.25) is 9.59 Å². The number of nitrogens with zero attached hydrogens (tertiary/aromatic N) is 2. The number of hydrogen-bond acceptors (Lipinski definition) is 3. The Labute approximate surface area is 163 Å². The Hall–Kier alpha value is -2.62. The lowest BCUT2D eigenvalue weighted by atomic mass is 10.2. The highest BCUT2D eigenvalue weighted by Gasteiger charge is 2.35. The van der Waals surface area contributed by atoms with Gasteiger partial charge in [-0.05, 0) is 78.4 Å². The van der Waals surface area contributed by atoms with Crippen LogP contribution in [0.25, 0.3) is 11.8 Å². The molecule has 0 spiro atoms. The van der Waals surface area contributed by atoms with Crippen molar-refractivity contribution in [2.75, 3.05) is 6.54 Å². The number of nitrogens with one attached hydrogen (secondary N) is 1. The third-order valence-electron chi connectivity index (χ3n) is 4.11. The van der Waals surface area contributed by atoms with Gasteiger partial charge < -0.3 is 15.0 Å². The van der Waals surface area contributed by atoms with Crippen LogP contribution in [-0.2, 0) is 9.59 Å². The summed E-state index contributed by atoms with van der Waals surface area (Å²) >= 11 is 2.24. The Bertz CT molecular complexity index is 944. The van der Waals surface area contributed by atoms with Gasteiger partial charge in [0.05, 0.1) is 0 Å². The largest absolute Gasteiger partial charge is 0.480 e. The smallest absolute Gasteiger partial charge is 0.329 e. The third-order valence-corrected chi connectivity index (χ3v) is 4.83. The average molecular weight is 465 g/mol. The van der Waals surface area contributed by atoms with Crippen LogP contribution in [0.15, 0.2) is 36.0 Å². The van der Waals surface area contributed by atoms with E-state index in [-0.39, 0.29) is 5.70 Å². The van der Waals surface area contributed by atoms with Crippen LogP contribution in [0.3, 0.4) is 0 Å². The van der Waals surface area contributed by atoms with Crippen LogP contribution in [0, 0.1) is 17.4 Å². The summed E-state index contributed by atoms with van der Waals surface area (Å²) in [6, 6.07) is 9.23. The maximum atomic E-state index is 12.3. The number of rotatable bonds is 4. The Balaban J connectivity index is 1.96. The molecule has 0 bridgehead atoms. The van der Waals surface area contributed by atoms with Crippen molar-refractivity contribution in [3.63, 3.8) is 0 Å². The Morgan fingerprint density at radius 1 is 1.23 bits per heavy atom. The summed E-state index contributed by atoms with van der Waals surface area (Å²) in [5.74, 6) is -1.89. The van der Waals surface area contributed by atoms with Crippen molar-refractivity contribution < 1.29 is 19.5 Å². The lowest BCUT2D eigenvalue weighted by Crippen LogP contribution is -2.35. The van der Waals surface area contributed by atoms with Crippen molar-refractivity contribution in [1.29, 1.82) is 0 Å². The molecule has 1 aliphatic heterocycles. The number of carbonyl (C=O) groups is 3. The second-order valence-electron chi connectivity index (χ2n) is 5.91. The van der Waals surface area contributed by atoms with Gasteiger partial charge in [0.15, 0.2) is 0 Å². The summed E-state index contributed by atoms with van der Waals surface area (Å²) in [5, 5.41) is 11.3. The van der Waals surface area contributed by atoms with Crippen molar-refractivity contribution in [2.24, 2.45) is 0 Å². The number of benzene rings is 1. The molecule has 2 aromatic rings. The number of aromatic nitrogens is 1. The molecule has 0 radical (unpaired) electrons. The molecule has 1 fully saturated rings. The lowest BCUT2D eigenvalue weighted by Gasteiger charge is -2.09. The predicted octanol–water partition coefficient (Wildman–Crippen LogP) is 2.68. The normalized spacial score (nSPS) is 15.7. The number of hydrogen-bond donors (Lipinski definition) is 2. The van der Waals surface area contributed by atoms with E-state index in [9.17, 15) is 14.4 Å². The second-order valence-corrected chi connectivity index (χ2v) is 7.16. The highest BCUT2D eigenvalue weighted by Crippen LogP contribution is 2.24. The molecule has 1 aromatic carbocycles. The molecule has 8 heteroatoms. The first-order valence-corrected chi connectivity index (χ1v) is 8.87. The summed E-state index contributed by atoms with van der Waals surface area (Å²) in [6.07, 6.45) is 1.58. The summed E-state index contributed by atoms with van der Waals surface area (Å²) in [5.41, 5.74) is 3.74. The monoisotopic (exact) mass is 465 g/mol. The van der Waals surface area contributed by atoms with Crippen LogP contribution in [0.2, 0.25) is 0 Å². The summed E-state index contributed by atoms with van der Waals surface area (Å²) in [7, 11) is 0. The molecular formula is C18H16IN3O4. The minimum Gasteiger partial charge on any atom is -0.480 e. The fourth-order valence-electron chi connectivity index (χ4n) is 2.93. The van der Waals surface area contributed by atoms with Gasteiger partial charge in [-0.2, -0.15) is 0 Å². The molecule has 2 heterocycles. The number of urea groups is 1. The maximum Gasteiger partial charge on any atom is 0.329 e. The van der Waals surface area contributed by atoms with Crippen LogP contribution in [0.5, 0.6) is 0 Å². The Morgan fingerprint density at radius 2 is 1.88 bits per heavy atom. The fraction of sp³-hybridized carbons (Fsp3) is 0.167. The number of aliphatic carboxylic acids is 1. The van der Waals surface area contributed by atoms with Gasteiger partial charge in [0.1, 0.15) is 12.2 Å². The van der Waals surface area contributed by atoms with Gasteiger partial charge in [-0.1, -0.05) is 0 Å². The zero-order valence-corrected chi connectivity index (χ0v) is 16.3. The number of carboxylic acids is 1. The van der Waals surface area contributed by atoms with Gasteiger partial charge in [0.25, 0.3) is 5.91 Å². The van der Waals surface area contributed by atoms with Gasteiger partial charge in [0.2, 0.25) is 0 Å². The molecular weight excluding hydrogens is 449 g/mol. The number of aryl methyl sites for hydroxylation is 1. The van der Waals surface area contributed by atoms with Crippen LogP contribution in [0.1, 0.15) is 17.0 Å². The molecule has 0 atom stereocenters. The molecule has 1 aromatic heterocycles. The van der Waals surface area contributed by atoms with E-state index < -0.39 is 24.5 Å². The molecule has 0 saturated carbocycles. The molecule has 26 heavy (non-hydrogen) atoms. The molecule has 0 aliphatic carbocycles. The fourth-order valence-corrected chi connectivity index (χ4v) is 3.29.